The minimum Gasteiger partial charge on any atom is -0.378 e. The average Bonchev–Trinajstić information content (AvgIpc) is 2.93. The standard InChI is InChI=1S/C20H28N4O3/c1-21(2)16-7-5-6-14(10-16)19(26)23-11-15-8-9-17(12-23)24(20(15)27)13-18(25)22(3)4/h5-7,10,15,17H,8-9,11-13H2,1-4H3/t15-,17+/m1/s1. The summed E-state index contributed by atoms with van der Waals surface area (Å²) < 4.78 is 0. The van der Waals surface area contributed by atoms with Gasteiger partial charge < -0.3 is 19.6 Å². The molecule has 7 heteroatoms. The van der Waals surface area contributed by atoms with Crippen molar-refractivity contribution in [3.63, 3.8) is 0 Å². The Bertz CT molecular complexity index is 746. The van der Waals surface area contributed by atoms with Gasteiger partial charge in [0.25, 0.3) is 5.91 Å². The Morgan fingerprint density at radius 2 is 1.85 bits per heavy atom. The molecule has 3 fully saturated rings. The molecule has 1 aromatic carbocycles. The van der Waals surface area contributed by atoms with Crippen LogP contribution in [0.1, 0.15) is 23.2 Å². The number of carbonyl (C=O) groups excluding carboxylic acids is 3. The number of piperidine rings is 1. The van der Waals surface area contributed by atoms with E-state index in [1.54, 1.807) is 23.9 Å². The molecule has 2 bridgehead atoms. The number of carbonyl (C=O) groups is 3. The second kappa shape index (κ2) is 7.58. The predicted molar refractivity (Wildman–Crippen MR) is 104 cm³/mol. The maximum Gasteiger partial charge on any atom is 0.254 e. The summed E-state index contributed by atoms with van der Waals surface area (Å²) in [4.78, 5) is 45.0. The van der Waals surface area contributed by atoms with Crippen LogP contribution in [0.3, 0.4) is 0 Å². The molecule has 3 aliphatic rings. The van der Waals surface area contributed by atoms with E-state index in [9.17, 15) is 14.4 Å². The Balaban J connectivity index is 1.80. The van der Waals surface area contributed by atoms with Gasteiger partial charge in [-0.05, 0) is 31.0 Å². The summed E-state index contributed by atoms with van der Waals surface area (Å²) in [6, 6.07) is 7.44. The molecule has 0 spiro atoms. The molecule has 4 rings (SSSR count). The number of benzene rings is 1. The summed E-state index contributed by atoms with van der Waals surface area (Å²) >= 11 is 0. The average molecular weight is 372 g/mol. The summed E-state index contributed by atoms with van der Waals surface area (Å²) in [6.07, 6.45) is 1.61. The van der Waals surface area contributed by atoms with Crippen LogP contribution >= 0.6 is 0 Å². The largest absolute Gasteiger partial charge is 0.378 e. The Labute approximate surface area is 160 Å². The van der Waals surface area contributed by atoms with Gasteiger partial charge in [0, 0.05) is 58.6 Å². The molecule has 0 unspecified atom stereocenters. The van der Waals surface area contributed by atoms with Gasteiger partial charge in [0.15, 0.2) is 0 Å². The lowest BCUT2D eigenvalue weighted by molar-refractivity contribution is -0.145. The summed E-state index contributed by atoms with van der Waals surface area (Å²) in [5, 5.41) is 0. The third-order valence-electron chi connectivity index (χ3n) is 5.49. The highest BCUT2D eigenvalue weighted by Crippen LogP contribution is 2.30. The molecular weight excluding hydrogens is 344 g/mol. The molecule has 3 saturated heterocycles. The van der Waals surface area contributed by atoms with E-state index in [1.807, 2.05) is 43.3 Å². The number of rotatable bonds is 4. The van der Waals surface area contributed by atoms with E-state index in [-0.39, 0.29) is 36.2 Å². The van der Waals surface area contributed by atoms with Crippen LogP contribution in [0.2, 0.25) is 0 Å². The zero-order valence-corrected chi connectivity index (χ0v) is 16.5. The van der Waals surface area contributed by atoms with Gasteiger partial charge in [-0.25, -0.2) is 0 Å². The molecule has 0 saturated carbocycles. The molecule has 146 valence electrons. The van der Waals surface area contributed by atoms with E-state index in [0.717, 1.165) is 18.5 Å². The molecule has 3 aliphatic heterocycles. The van der Waals surface area contributed by atoms with Crippen LogP contribution in [0, 0.1) is 5.92 Å². The van der Waals surface area contributed by atoms with E-state index in [4.69, 9.17) is 0 Å². The SMILES string of the molecule is CN(C)C(=O)CN1C(=O)[C@@H]2CC[C@H]1CN(C(=O)c1cccc(N(C)C)c1)C2. The zero-order chi connectivity index (χ0) is 19.7. The van der Waals surface area contributed by atoms with Gasteiger partial charge in [-0.15, -0.1) is 0 Å². The van der Waals surface area contributed by atoms with Gasteiger partial charge in [-0.3, -0.25) is 14.4 Å². The minimum atomic E-state index is -0.223. The van der Waals surface area contributed by atoms with Crippen molar-refractivity contribution in [1.82, 2.24) is 14.7 Å². The van der Waals surface area contributed by atoms with Gasteiger partial charge in [-0.1, -0.05) is 6.07 Å². The number of amides is 3. The van der Waals surface area contributed by atoms with Gasteiger partial charge in [0.1, 0.15) is 6.54 Å². The number of anilines is 1. The van der Waals surface area contributed by atoms with Crippen molar-refractivity contribution in [2.24, 2.45) is 5.92 Å². The van der Waals surface area contributed by atoms with Crippen LogP contribution in [0.15, 0.2) is 24.3 Å². The number of fused-ring (bicyclic) bond motifs is 4. The van der Waals surface area contributed by atoms with Gasteiger partial charge >= 0.3 is 0 Å². The Morgan fingerprint density at radius 3 is 2.52 bits per heavy atom. The molecule has 2 atom stereocenters. The Hall–Kier alpha value is -2.57. The van der Waals surface area contributed by atoms with Crippen LogP contribution in [0.4, 0.5) is 5.69 Å². The highest BCUT2D eigenvalue weighted by molar-refractivity contribution is 5.96. The van der Waals surface area contributed by atoms with E-state index in [2.05, 4.69) is 0 Å². The fourth-order valence-corrected chi connectivity index (χ4v) is 3.80. The zero-order valence-electron chi connectivity index (χ0n) is 16.5. The third-order valence-corrected chi connectivity index (χ3v) is 5.49. The van der Waals surface area contributed by atoms with Crippen LogP contribution in [0.25, 0.3) is 0 Å². The van der Waals surface area contributed by atoms with Crippen LogP contribution in [-0.2, 0) is 9.59 Å². The lowest BCUT2D eigenvalue weighted by Crippen LogP contribution is -2.51. The first-order valence-corrected chi connectivity index (χ1v) is 9.35. The Morgan fingerprint density at radius 1 is 1.11 bits per heavy atom. The van der Waals surface area contributed by atoms with Gasteiger partial charge in [-0.2, -0.15) is 0 Å². The quantitative estimate of drug-likeness (QED) is 0.788. The van der Waals surface area contributed by atoms with E-state index < -0.39 is 0 Å². The lowest BCUT2D eigenvalue weighted by Gasteiger charge is -2.35. The van der Waals surface area contributed by atoms with Crippen molar-refractivity contribution in [3.8, 4) is 0 Å². The summed E-state index contributed by atoms with van der Waals surface area (Å²) in [6.45, 7) is 0.992. The van der Waals surface area contributed by atoms with Crippen molar-refractivity contribution in [2.45, 2.75) is 18.9 Å². The first kappa shape index (κ1) is 19.2. The maximum absolute atomic E-state index is 13.1. The summed E-state index contributed by atoms with van der Waals surface area (Å²) in [5.41, 5.74) is 1.60. The molecule has 7 nitrogen and oxygen atoms in total. The van der Waals surface area contributed by atoms with Gasteiger partial charge in [0.05, 0.1) is 5.92 Å². The molecule has 3 heterocycles. The third kappa shape index (κ3) is 3.91. The number of hydrogen-bond acceptors (Lipinski definition) is 4. The van der Waals surface area contributed by atoms with Crippen molar-refractivity contribution in [1.29, 1.82) is 0 Å². The van der Waals surface area contributed by atoms with Crippen molar-refractivity contribution < 1.29 is 14.4 Å². The van der Waals surface area contributed by atoms with E-state index >= 15 is 0 Å². The van der Waals surface area contributed by atoms with Crippen molar-refractivity contribution >= 4 is 23.4 Å². The normalized spacial score (nSPS) is 21.9. The second-order valence-electron chi connectivity index (χ2n) is 7.84. The molecule has 27 heavy (non-hydrogen) atoms. The minimum absolute atomic E-state index is 0.00112. The number of nitrogens with zero attached hydrogens (tertiary/aromatic N) is 4. The van der Waals surface area contributed by atoms with Crippen LogP contribution in [-0.4, -0.2) is 86.3 Å². The smallest absolute Gasteiger partial charge is 0.254 e. The lowest BCUT2D eigenvalue weighted by atomic mass is 9.94. The van der Waals surface area contributed by atoms with E-state index in [0.29, 0.717) is 18.7 Å². The summed E-state index contributed by atoms with van der Waals surface area (Å²) in [5.74, 6) is -0.366. The Kier molecular flexibility index (Phi) is 5.39. The predicted octanol–water partition coefficient (Wildman–Crippen LogP) is 0.904. The maximum atomic E-state index is 13.1. The van der Waals surface area contributed by atoms with E-state index in [1.165, 1.54) is 4.90 Å². The van der Waals surface area contributed by atoms with Crippen molar-refractivity contribution in [2.75, 3.05) is 52.7 Å². The van der Waals surface area contributed by atoms with Crippen LogP contribution < -0.4 is 4.90 Å². The number of hydrogen-bond donors (Lipinski definition) is 0. The highest BCUT2D eigenvalue weighted by atomic mass is 16.2. The molecule has 0 N–H and O–H groups in total. The molecule has 0 aromatic heterocycles. The monoisotopic (exact) mass is 372 g/mol. The first-order valence-electron chi connectivity index (χ1n) is 9.35. The second-order valence-corrected chi connectivity index (χ2v) is 7.84. The topological polar surface area (TPSA) is 64.2 Å². The van der Waals surface area contributed by atoms with Crippen LogP contribution in [0.5, 0.6) is 0 Å². The number of likely N-dealkylation sites (N-methyl/N-ethyl adjacent to an activating group) is 1. The molecule has 0 radical (unpaired) electrons. The van der Waals surface area contributed by atoms with Gasteiger partial charge in [0.2, 0.25) is 11.8 Å². The summed E-state index contributed by atoms with van der Waals surface area (Å²) in [7, 11) is 7.26. The highest BCUT2D eigenvalue weighted by Gasteiger charge is 2.42. The fourth-order valence-electron chi connectivity index (χ4n) is 3.80. The molecule has 1 aromatic rings. The fraction of sp³-hybridized carbons (Fsp3) is 0.550. The molecular formula is C20H28N4O3. The molecule has 3 amide bonds. The molecule has 0 aliphatic carbocycles. The van der Waals surface area contributed by atoms with Crippen molar-refractivity contribution in [3.05, 3.63) is 29.8 Å². The first-order chi connectivity index (χ1) is 12.8.